The van der Waals surface area contributed by atoms with Crippen molar-refractivity contribution >= 4 is 39.7 Å². The second kappa shape index (κ2) is 6.06. The van der Waals surface area contributed by atoms with Crippen molar-refractivity contribution in [2.24, 2.45) is 5.73 Å². The molecule has 0 saturated heterocycles. The van der Waals surface area contributed by atoms with Crippen LogP contribution in [-0.4, -0.2) is 16.8 Å². The number of benzene rings is 2. The molecular weight excluding hydrogens is 394 g/mol. The highest BCUT2D eigenvalue weighted by Gasteiger charge is 2.60. The smallest absolute Gasteiger partial charge is 0.248 e. The number of H-pyrrole nitrogens is 1. The number of nitrogens with one attached hydrogen (secondary N) is 1. The minimum absolute atomic E-state index is 0.131. The molecule has 6 heteroatoms. The van der Waals surface area contributed by atoms with Crippen LogP contribution in [0.1, 0.15) is 34.3 Å². The summed E-state index contributed by atoms with van der Waals surface area (Å²) >= 11 is 1.62. The molecule has 2 aromatic heterocycles. The van der Waals surface area contributed by atoms with Crippen molar-refractivity contribution in [2.45, 2.75) is 24.8 Å². The number of fused-ring (bicyclic) bond motifs is 3. The van der Waals surface area contributed by atoms with Crippen LogP contribution in [0.25, 0.3) is 22.0 Å². The Morgan fingerprint density at radius 3 is 2.73 bits per heavy atom. The highest BCUT2D eigenvalue weighted by molar-refractivity contribution is 7.07. The zero-order valence-electron chi connectivity index (χ0n) is 16.1. The minimum atomic E-state index is -0.487. The quantitative estimate of drug-likeness (QED) is 0.514. The van der Waals surface area contributed by atoms with Crippen molar-refractivity contribution in [1.82, 2.24) is 4.98 Å². The summed E-state index contributed by atoms with van der Waals surface area (Å²) in [5.74, 6) is -0.356. The first-order valence-corrected chi connectivity index (χ1v) is 10.9. The van der Waals surface area contributed by atoms with Crippen LogP contribution < -0.4 is 10.6 Å². The molecule has 4 aromatic rings. The van der Waals surface area contributed by atoms with Gasteiger partial charge in [-0.1, -0.05) is 18.2 Å². The van der Waals surface area contributed by atoms with Gasteiger partial charge in [0.05, 0.1) is 12.0 Å². The molecule has 148 valence electrons. The fourth-order valence-electron chi connectivity index (χ4n) is 4.78. The molecule has 2 aromatic carbocycles. The number of carbonyl (C=O) groups is 2. The normalized spacial score (nSPS) is 16.4. The highest BCUT2D eigenvalue weighted by Crippen LogP contribution is 2.60. The van der Waals surface area contributed by atoms with E-state index in [1.165, 1.54) is 0 Å². The van der Waals surface area contributed by atoms with E-state index in [0.717, 1.165) is 51.7 Å². The van der Waals surface area contributed by atoms with E-state index < -0.39 is 11.3 Å². The monoisotopic (exact) mass is 413 g/mol. The van der Waals surface area contributed by atoms with Gasteiger partial charge in [0.1, 0.15) is 0 Å². The van der Waals surface area contributed by atoms with Gasteiger partial charge in [-0.3, -0.25) is 9.59 Å². The Bertz CT molecular complexity index is 1330. The van der Waals surface area contributed by atoms with Gasteiger partial charge in [0.25, 0.3) is 0 Å². The van der Waals surface area contributed by atoms with Crippen LogP contribution in [-0.2, 0) is 16.8 Å². The van der Waals surface area contributed by atoms with Crippen LogP contribution in [0, 0.1) is 0 Å². The van der Waals surface area contributed by atoms with Gasteiger partial charge in [-0.2, -0.15) is 11.3 Å². The Morgan fingerprint density at radius 2 is 2.00 bits per heavy atom. The summed E-state index contributed by atoms with van der Waals surface area (Å²) in [7, 11) is 0. The molecule has 5 nitrogen and oxygen atoms in total. The van der Waals surface area contributed by atoms with Crippen LogP contribution in [0.2, 0.25) is 0 Å². The van der Waals surface area contributed by atoms with Crippen LogP contribution in [0.4, 0.5) is 5.69 Å². The molecule has 3 N–H and O–H groups in total. The van der Waals surface area contributed by atoms with E-state index in [1.807, 2.05) is 46.8 Å². The molecule has 0 unspecified atom stereocenters. The van der Waals surface area contributed by atoms with E-state index in [2.05, 4.69) is 16.4 Å². The molecule has 30 heavy (non-hydrogen) atoms. The maximum atomic E-state index is 13.5. The van der Waals surface area contributed by atoms with E-state index in [-0.39, 0.29) is 5.91 Å². The first kappa shape index (κ1) is 17.5. The molecule has 1 fully saturated rings. The number of rotatable bonds is 4. The molecule has 1 aliphatic carbocycles. The number of nitrogens with zero attached hydrogens (tertiary/aromatic N) is 1. The van der Waals surface area contributed by atoms with Crippen LogP contribution >= 0.6 is 11.3 Å². The number of thiophene rings is 1. The summed E-state index contributed by atoms with van der Waals surface area (Å²) in [5.41, 5.74) is 11.5. The van der Waals surface area contributed by atoms with Crippen molar-refractivity contribution in [3.63, 3.8) is 0 Å². The average Bonchev–Trinajstić information content (AvgIpc) is 3.09. The number of aromatic amines is 1. The summed E-state index contributed by atoms with van der Waals surface area (Å²) in [6.45, 7) is 0.507. The number of para-hydroxylation sites is 1. The molecule has 2 aliphatic rings. The molecule has 0 atom stereocenters. The van der Waals surface area contributed by atoms with Gasteiger partial charge in [-0.15, -0.1) is 0 Å². The third kappa shape index (κ3) is 2.34. The van der Waals surface area contributed by atoms with Crippen molar-refractivity contribution in [3.05, 3.63) is 76.1 Å². The Labute approximate surface area is 177 Å². The summed E-state index contributed by atoms with van der Waals surface area (Å²) < 4.78 is 0. The molecular formula is C24H19N3O2S. The number of amides is 2. The lowest BCUT2D eigenvalue weighted by molar-refractivity contribution is -0.120. The molecule has 0 bridgehead atoms. The lowest BCUT2D eigenvalue weighted by Crippen LogP contribution is -2.31. The van der Waals surface area contributed by atoms with Gasteiger partial charge >= 0.3 is 0 Å². The maximum absolute atomic E-state index is 13.5. The minimum Gasteiger partial charge on any atom is -0.366 e. The standard InChI is InChI=1S/C24H19N3O2S/c25-22(28)15-9-17(18-11-26-19-4-2-1-3-16(18)19)21-20(10-15)27(12-14-5-8-30-13-14)23(29)24(21)6-7-24/h1-5,8-11,13,26H,6-7,12H2,(H2,25,28). The topological polar surface area (TPSA) is 79.2 Å². The average molecular weight is 414 g/mol. The number of hydrogen-bond acceptors (Lipinski definition) is 3. The number of hydrogen-bond donors (Lipinski definition) is 2. The summed E-state index contributed by atoms with van der Waals surface area (Å²) in [6.07, 6.45) is 3.64. The number of anilines is 1. The summed E-state index contributed by atoms with van der Waals surface area (Å²) in [6, 6.07) is 13.8. The van der Waals surface area contributed by atoms with Gasteiger partial charge in [0, 0.05) is 33.9 Å². The first-order valence-electron chi connectivity index (χ1n) is 9.96. The molecule has 2 amide bonds. The lowest BCUT2D eigenvalue weighted by Gasteiger charge is -2.18. The third-order valence-electron chi connectivity index (χ3n) is 6.38. The zero-order valence-corrected chi connectivity index (χ0v) is 17.0. The summed E-state index contributed by atoms with van der Waals surface area (Å²) in [4.78, 5) is 30.9. The predicted molar refractivity (Wildman–Crippen MR) is 119 cm³/mol. The van der Waals surface area contributed by atoms with Gasteiger partial charge in [0.15, 0.2) is 0 Å². The van der Waals surface area contributed by atoms with Crippen LogP contribution in [0.3, 0.4) is 0 Å². The SMILES string of the molecule is NC(=O)c1cc(-c2c[nH]c3ccccc23)c2c(c1)N(Cc1ccsc1)C(=O)C21CC1. The Balaban J connectivity index is 1.62. The van der Waals surface area contributed by atoms with Crippen molar-refractivity contribution in [2.75, 3.05) is 4.90 Å². The fourth-order valence-corrected chi connectivity index (χ4v) is 5.44. The van der Waals surface area contributed by atoms with E-state index in [0.29, 0.717) is 12.1 Å². The van der Waals surface area contributed by atoms with E-state index >= 15 is 0 Å². The Morgan fingerprint density at radius 1 is 1.17 bits per heavy atom. The van der Waals surface area contributed by atoms with Crippen molar-refractivity contribution in [1.29, 1.82) is 0 Å². The van der Waals surface area contributed by atoms with Crippen LogP contribution in [0.15, 0.2) is 59.4 Å². The first-order chi connectivity index (χ1) is 14.6. The number of aromatic nitrogens is 1. The number of carbonyl (C=O) groups excluding carboxylic acids is 2. The molecule has 0 radical (unpaired) electrons. The van der Waals surface area contributed by atoms with Gasteiger partial charge in [-0.05, 0) is 64.6 Å². The second-order valence-electron chi connectivity index (χ2n) is 8.14. The van der Waals surface area contributed by atoms with E-state index in [1.54, 1.807) is 17.4 Å². The number of primary amides is 1. The van der Waals surface area contributed by atoms with Crippen molar-refractivity contribution < 1.29 is 9.59 Å². The zero-order chi connectivity index (χ0) is 20.5. The van der Waals surface area contributed by atoms with Gasteiger partial charge < -0.3 is 15.6 Å². The Hall–Kier alpha value is -3.38. The van der Waals surface area contributed by atoms with E-state index in [4.69, 9.17) is 5.73 Å². The van der Waals surface area contributed by atoms with E-state index in [9.17, 15) is 9.59 Å². The maximum Gasteiger partial charge on any atom is 0.248 e. The predicted octanol–water partition coefficient (Wildman–Crippen LogP) is 4.57. The highest BCUT2D eigenvalue weighted by atomic mass is 32.1. The molecule has 1 spiro atoms. The fraction of sp³-hybridized carbons (Fsp3) is 0.167. The third-order valence-corrected chi connectivity index (χ3v) is 7.11. The summed E-state index contributed by atoms with van der Waals surface area (Å²) in [5, 5.41) is 5.14. The van der Waals surface area contributed by atoms with Gasteiger partial charge in [-0.25, -0.2) is 0 Å². The molecule has 1 aliphatic heterocycles. The van der Waals surface area contributed by atoms with Gasteiger partial charge in [0.2, 0.25) is 11.8 Å². The largest absolute Gasteiger partial charge is 0.366 e. The lowest BCUT2D eigenvalue weighted by atomic mass is 9.87. The molecule has 1 saturated carbocycles. The van der Waals surface area contributed by atoms with Crippen LogP contribution in [0.5, 0.6) is 0 Å². The Kier molecular flexibility index (Phi) is 3.53. The van der Waals surface area contributed by atoms with Crippen molar-refractivity contribution in [3.8, 4) is 11.1 Å². The molecule has 6 rings (SSSR count). The second-order valence-corrected chi connectivity index (χ2v) is 8.92. The molecule has 3 heterocycles. The number of nitrogens with two attached hydrogens (primary N) is 1.